The van der Waals surface area contributed by atoms with E-state index in [1.165, 1.54) is 18.2 Å². The van der Waals surface area contributed by atoms with Gasteiger partial charge in [-0.1, -0.05) is 6.07 Å². The highest BCUT2D eigenvalue weighted by Crippen LogP contribution is 2.25. The van der Waals surface area contributed by atoms with E-state index in [2.05, 4.69) is 10.2 Å². The van der Waals surface area contributed by atoms with Gasteiger partial charge in [-0.15, -0.1) is 10.2 Å². The third-order valence-corrected chi connectivity index (χ3v) is 3.13. The number of ether oxygens (including phenoxy) is 1. The Morgan fingerprint density at radius 2 is 2.04 bits per heavy atom. The van der Waals surface area contributed by atoms with Gasteiger partial charge >= 0.3 is 5.97 Å². The monoisotopic (exact) mass is 316 g/mol. The molecule has 0 radical (unpaired) electrons. The van der Waals surface area contributed by atoms with Gasteiger partial charge in [0, 0.05) is 0 Å². The lowest BCUT2D eigenvalue weighted by Crippen LogP contribution is -2.05. The third-order valence-electron chi connectivity index (χ3n) is 3.13. The molecule has 2 heterocycles. The number of rotatable bonds is 4. The molecule has 0 unspecified atom stereocenters. The van der Waals surface area contributed by atoms with Crippen LogP contribution in [0.4, 0.5) is 4.39 Å². The summed E-state index contributed by atoms with van der Waals surface area (Å²) in [5.74, 6) is 0.647. The van der Waals surface area contributed by atoms with Crippen LogP contribution in [0.15, 0.2) is 39.2 Å². The van der Waals surface area contributed by atoms with Crippen molar-refractivity contribution in [1.29, 1.82) is 0 Å². The lowest BCUT2D eigenvalue weighted by Gasteiger charge is -2.01. The van der Waals surface area contributed by atoms with E-state index in [-0.39, 0.29) is 24.0 Å². The summed E-state index contributed by atoms with van der Waals surface area (Å²) in [7, 11) is 0. The van der Waals surface area contributed by atoms with Crippen molar-refractivity contribution < 1.29 is 22.8 Å². The summed E-state index contributed by atoms with van der Waals surface area (Å²) in [5, 5.41) is 7.71. The second-order valence-electron chi connectivity index (χ2n) is 4.91. The number of aryl methyl sites for hydroxylation is 2. The van der Waals surface area contributed by atoms with E-state index in [9.17, 15) is 9.18 Å². The SMILES string of the molecule is Cc1cc(-c2nnc(COC(=O)c3cccc(F)c3)o2)c(C)o1. The summed E-state index contributed by atoms with van der Waals surface area (Å²) < 4.78 is 28.9. The van der Waals surface area contributed by atoms with Crippen molar-refractivity contribution in [3.63, 3.8) is 0 Å². The Hall–Kier alpha value is -2.96. The largest absolute Gasteiger partial charge is 0.466 e. The molecule has 0 aliphatic heterocycles. The minimum atomic E-state index is -0.667. The number of benzene rings is 1. The van der Waals surface area contributed by atoms with Gasteiger partial charge in [0.15, 0.2) is 6.61 Å². The number of aromatic nitrogens is 2. The van der Waals surface area contributed by atoms with Crippen molar-refractivity contribution in [2.24, 2.45) is 0 Å². The van der Waals surface area contributed by atoms with E-state index in [0.717, 1.165) is 11.8 Å². The molecule has 0 aliphatic carbocycles. The van der Waals surface area contributed by atoms with Gasteiger partial charge in [0.2, 0.25) is 0 Å². The second-order valence-corrected chi connectivity index (χ2v) is 4.91. The van der Waals surface area contributed by atoms with Crippen molar-refractivity contribution in [2.45, 2.75) is 20.5 Å². The number of halogens is 1. The zero-order valence-electron chi connectivity index (χ0n) is 12.5. The molecule has 6 nitrogen and oxygen atoms in total. The van der Waals surface area contributed by atoms with Crippen LogP contribution in [0.5, 0.6) is 0 Å². The summed E-state index contributed by atoms with van der Waals surface area (Å²) in [6.07, 6.45) is 0. The van der Waals surface area contributed by atoms with Gasteiger partial charge in [0.1, 0.15) is 17.3 Å². The Bertz CT molecular complexity index is 853. The molecule has 0 saturated heterocycles. The average Bonchev–Trinajstić information content (AvgIpc) is 3.11. The smallest absolute Gasteiger partial charge is 0.338 e. The van der Waals surface area contributed by atoms with Gasteiger partial charge in [0.25, 0.3) is 11.8 Å². The van der Waals surface area contributed by atoms with Crippen molar-refractivity contribution in [1.82, 2.24) is 10.2 Å². The van der Waals surface area contributed by atoms with E-state index in [1.54, 1.807) is 13.0 Å². The Kier molecular flexibility index (Phi) is 3.92. The van der Waals surface area contributed by atoms with Gasteiger partial charge in [-0.05, 0) is 38.1 Å². The van der Waals surface area contributed by atoms with Crippen LogP contribution in [0.1, 0.15) is 27.8 Å². The first-order valence-electron chi connectivity index (χ1n) is 6.85. The van der Waals surface area contributed by atoms with Crippen LogP contribution in [-0.2, 0) is 11.3 Å². The summed E-state index contributed by atoms with van der Waals surface area (Å²) in [5.41, 5.74) is 0.809. The first-order chi connectivity index (χ1) is 11.0. The first-order valence-corrected chi connectivity index (χ1v) is 6.85. The summed E-state index contributed by atoms with van der Waals surface area (Å²) in [6, 6.07) is 7.02. The Balaban J connectivity index is 1.68. The lowest BCUT2D eigenvalue weighted by atomic mass is 10.2. The molecule has 23 heavy (non-hydrogen) atoms. The number of esters is 1. The number of carbonyl (C=O) groups excluding carboxylic acids is 1. The highest BCUT2D eigenvalue weighted by molar-refractivity contribution is 5.89. The highest BCUT2D eigenvalue weighted by atomic mass is 19.1. The molecule has 0 fully saturated rings. The van der Waals surface area contributed by atoms with Crippen molar-refractivity contribution in [3.05, 3.63) is 59.1 Å². The maximum absolute atomic E-state index is 13.1. The number of carbonyl (C=O) groups is 1. The van der Waals surface area contributed by atoms with E-state index in [0.29, 0.717) is 11.3 Å². The molecule has 0 bridgehead atoms. The van der Waals surface area contributed by atoms with Crippen molar-refractivity contribution in [2.75, 3.05) is 0 Å². The summed E-state index contributed by atoms with van der Waals surface area (Å²) in [4.78, 5) is 11.8. The molecule has 2 aromatic heterocycles. The molecule has 3 aromatic rings. The van der Waals surface area contributed by atoms with Gasteiger partial charge in [-0.2, -0.15) is 0 Å². The molecule has 3 rings (SSSR count). The standard InChI is InChI=1S/C16H13FN2O4/c1-9-6-13(10(2)22-9)15-19-18-14(23-15)8-21-16(20)11-4-3-5-12(17)7-11/h3-7H,8H2,1-2H3. The Morgan fingerprint density at radius 1 is 1.22 bits per heavy atom. The molecular weight excluding hydrogens is 303 g/mol. The molecule has 118 valence electrons. The quantitative estimate of drug-likeness (QED) is 0.686. The molecule has 0 aliphatic rings. The van der Waals surface area contributed by atoms with Crippen LogP contribution < -0.4 is 0 Å². The normalized spacial score (nSPS) is 10.7. The Morgan fingerprint density at radius 3 is 2.74 bits per heavy atom. The van der Waals surface area contributed by atoms with Crippen molar-refractivity contribution >= 4 is 5.97 Å². The van der Waals surface area contributed by atoms with Gasteiger partial charge in [-0.25, -0.2) is 9.18 Å². The number of nitrogens with zero attached hydrogens (tertiary/aromatic N) is 2. The summed E-state index contributed by atoms with van der Waals surface area (Å²) >= 11 is 0. The van der Waals surface area contributed by atoms with E-state index in [4.69, 9.17) is 13.6 Å². The van der Waals surface area contributed by atoms with E-state index < -0.39 is 11.8 Å². The van der Waals surface area contributed by atoms with E-state index >= 15 is 0 Å². The maximum atomic E-state index is 13.1. The fourth-order valence-electron chi connectivity index (χ4n) is 2.09. The first kappa shape index (κ1) is 15.0. The van der Waals surface area contributed by atoms with Crippen LogP contribution in [0.25, 0.3) is 11.5 Å². The minimum absolute atomic E-state index is 0.117. The topological polar surface area (TPSA) is 78.4 Å². The lowest BCUT2D eigenvalue weighted by molar-refractivity contribution is 0.0438. The molecule has 0 spiro atoms. The van der Waals surface area contributed by atoms with Crippen molar-refractivity contribution in [3.8, 4) is 11.5 Å². The van der Waals surface area contributed by atoms with Gasteiger partial charge in [-0.3, -0.25) is 0 Å². The molecule has 0 saturated carbocycles. The predicted octanol–water partition coefficient (Wildman–Crippen LogP) is 3.44. The third kappa shape index (κ3) is 3.28. The maximum Gasteiger partial charge on any atom is 0.338 e. The minimum Gasteiger partial charge on any atom is -0.466 e. The zero-order valence-corrected chi connectivity index (χ0v) is 12.5. The van der Waals surface area contributed by atoms with E-state index in [1.807, 2.05) is 6.92 Å². The molecule has 7 heteroatoms. The van der Waals surface area contributed by atoms with Crippen LogP contribution in [-0.4, -0.2) is 16.2 Å². The highest BCUT2D eigenvalue weighted by Gasteiger charge is 2.16. The van der Waals surface area contributed by atoms with Gasteiger partial charge in [0.05, 0.1) is 11.1 Å². The predicted molar refractivity (Wildman–Crippen MR) is 77.0 cm³/mol. The molecule has 0 amide bonds. The Labute approximate surface area is 130 Å². The van der Waals surface area contributed by atoms with Crippen LogP contribution >= 0.6 is 0 Å². The molecular formula is C16H13FN2O4. The number of furan rings is 1. The van der Waals surface area contributed by atoms with Crippen LogP contribution in [0, 0.1) is 19.7 Å². The van der Waals surface area contributed by atoms with Crippen LogP contribution in [0.2, 0.25) is 0 Å². The van der Waals surface area contributed by atoms with Gasteiger partial charge < -0.3 is 13.6 Å². The average molecular weight is 316 g/mol. The molecule has 0 atom stereocenters. The number of hydrogen-bond acceptors (Lipinski definition) is 6. The second kappa shape index (κ2) is 6.04. The molecule has 0 N–H and O–H groups in total. The fraction of sp³-hybridized carbons (Fsp3) is 0.188. The number of hydrogen-bond donors (Lipinski definition) is 0. The fourth-order valence-corrected chi connectivity index (χ4v) is 2.09. The summed E-state index contributed by atoms with van der Waals surface area (Å²) in [6.45, 7) is 3.41. The molecule has 1 aromatic carbocycles. The zero-order chi connectivity index (χ0) is 16.4. The van der Waals surface area contributed by atoms with Crippen LogP contribution in [0.3, 0.4) is 0 Å².